The molecule has 2 aromatic rings. The summed E-state index contributed by atoms with van der Waals surface area (Å²) in [5.74, 6) is -1.24. The fourth-order valence-corrected chi connectivity index (χ4v) is 3.73. The molecule has 2 heterocycles. The third-order valence-corrected chi connectivity index (χ3v) is 5.22. The minimum Gasteiger partial charge on any atom is -0.507 e. The van der Waals surface area contributed by atoms with Crippen LogP contribution in [-0.2, 0) is 16.1 Å². The minimum atomic E-state index is -0.588. The van der Waals surface area contributed by atoms with Gasteiger partial charge in [0.25, 0.3) is 0 Å². The zero-order chi connectivity index (χ0) is 21.1. The van der Waals surface area contributed by atoms with Crippen LogP contribution >= 0.6 is 0 Å². The normalized spacial score (nSPS) is 17.6. The van der Waals surface area contributed by atoms with Crippen LogP contribution in [0, 0.1) is 18.7 Å². The minimum absolute atomic E-state index is 0.0182. The van der Waals surface area contributed by atoms with Gasteiger partial charge in [0, 0.05) is 30.8 Å². The van der Waals surface area contributed by atoms with Crippen molar-refractivity contribution in [3.05, 3.63) is 47.1 Å². The van der Waals surface area contributed by atoms with Gasteiger partial charge in [-0.25, -0.2) is 4.39 Å². The van der Waals surface area contributed by atoms with Crippen LogP contribution in [0.1, 0.15) is 49.6 Å². The summed E-state index contributed by atoms with van der Waals surface area (Å²) >= 11 is 0. The van der Waals surface area contributed by atoms with Crippen LogP contribution < -0.4 is 5.32 Å². The van der Waals surface area contributed by atoms with Crippen LogP contribution in [0.4, 0.5) is 4.39 Å². The molecular formula is C21H26FN3O4. The first-order valence-corrected chi connectivity index (χ1v) is 9.76. The molecule has 3 rings (SSSR count). The number of benzene rings is 1. The van der Waals surface area contributed by atoms with Gasteiger partial charge in [0.2, 0.25) is 11.8 Å². The van der Waals surface area contributed by atoms with Crippen LogP contribution in [0.3, 0.4) is 0 Å². The van der Waals surface area contributed by atoms with E-state index in [1.165, 1.54) is 12.1 Å². The van der Waals surface area contributed by atoms with Gasteiger partial charge in [-0.3, -0.25) is 9.59 Å². The highest BCUT2D eigenvalue weighted by atomic mass is 19.1. The summed E-state index contributed by atoms with van der Waals surface area (Å²) in [4.78, 5) is 27.6. The van der Waals surface area contributed by atoms with Crippen molar-refractivity contribution >= 4 is 11.8 Å². The maximum Gasteiger partial charge on any atom is 0.243 e. The second-order valence-corrected chi connectivity index (χ2v) is 7.77. The van der Waals surface area contributed by atoms with Gasteiger partial charge in [0.05, 0.1) is 5.69 Å². The number of aromatic nitrogens is 1. The number of phenolic OH excluding ortho intramolecular Hbond substituents is 1. The van der Waals surface area contributed by atoms with Gasteiger partial charge < -0.3 is 19.8 Å². The molecule has 0 aliphatic carbocycles. The van der Waals surface area contributed by atoms with Crippen molar-refractivity contribution < 1.29 is 23.6 Å². The molecule has 8 heteroatoms. The molecule has 1 aliphatic rings. The maximum atomic E-state index is 13.3. The van der Waals surface area contributed by atoms with Crippen molar-refractivity contribution in [2.75, 3.05) is 6.54 Å². The lowest BCUT2D eigenvalue weighted by molar-refractivity contribution is -0.140. The number of nitrogens with zero attached hydrogens (tertiary/aromatic N) is 2. The molecule has 2 N–H and O–H groups in total. The second-order valence-electron chi connectivity index (χ2n) is 7.77. The largest absolute Gasteiger partial charge is 0.507 e. The van der Waals surface area contributed by atoms with E-state index in [-0.39, 0.29) is 30.0 Å². The highest BCUT2D eigenvalue weighted by Crippen LogP contribution is 2.31. The molecule has 0 bridgehead atoms. The van der Waals surface area contributed by atoms with Gasteiger partial charge in [-0.2, -0.15) is 0 Å². The first-order chi connectivity index (χ1) is 13.8. The molecule has 1 saturated heterocycles. The van der Waals surface area contributed by atoms with Crippen LogP contribution in [-0.4, -0.2) is 39.6 Å². The number of likely N-dealkylation sites (tertiary alicyclic amines) is 1. The van der Waals surface area contributed by atoms with E-state index in [0.717, 1.165) is 12.5 Å². The molecule has 2 atom stereocenters. The monoisotopic (exact) mass is 403 g/mol. The summed E-state index contributed by atoms with van der Waals surface area (Å²) in [7, 11) is 0. The standard InChI is InChI=1S/C21H26FN3O4/c1-12(2)19(18-9-13(3)24-29-18)21(28)25-8-4-5-16(25)20(27)23-11-14-6-7-15(22)10-17(14)26/h6-7,9-10,12,16,19,26H,4-5,8,11H2,1-3H3,(H,23,27)/t16-,19+/m0/s1. The molecule has 29 heavy (non-hydrogen) atoms. The Morgan fingerprint density at radius 2 is 2.14 bits per heavy atom. The third kappa shape index (κ3) is 4.58. The van der Waals surface area contributed by atoms with Crippen molar-refractivity contribution in [1.29, 1.82) is 0 Å². The molecule has 0 unspecified atom stereocenters. The number of halogens is 1. The predicted octanol–water partition coefficient (Wildman–Crippen LogP) is 2.87. The predicted molar refractivity (Wildman–Crippen MR) is 103 cm³/mol. The summed E-state index contributed by atoms with van der Waals surface area (Å²) in [5.41, 5.74) is 1.11. The Bertz CT molecular complexity index is 896. The Kier molecular flexibility index (Phi) is 6.20. The molecule has 1 aliphatic heterocycles. The lowest BCUT2D eigenvalue weighted by Gasteiger charge is -2.29. The van der Waals surface area contributed by atoms with Crippen LogP contribution in [0.5, 0.6) is 5.75 Å². The number of hydrogen-bond acceptors (Lipinski definition) is 5. The van der Waals surface area contributed by atoms with Crippen molar-refractivity contribution in [1.82, 2.24) is 15.4 Å². The van der Waals surface area contributed by atoms with E-state index in [4.69, 9.17) is 4.52 Å². The Morgan fingerprint density at radius 3 is 2.76 bits per heavy atom. The van der Waals surface area contributed by atoms with Gasteiger partial charge in [-0.1, -0.05) is 25.1 Å². The molecule has 0 radical (unpaired) electrons. The fraction of sp³-hybridized carbons (Fsp3) is 0.476. The van der Waals surface area contributed by atoms with E-state index in [1.807, 2.05) is 13.8 Å². The maximum absolute atomic E-state index is 13.3. The van der Waals surface area contributed by atoms with Crippen molar-refractivity contribution in [2.24, 2.45) is 5.92 Å². The molecule has 0 spiro atoms. The molecule has 1 fully saturated rings. The Hall–Kier alpha value is -2.90. The van der Waals surface area contributed by atoms with Gasteiger partial charge in [-0.15, -0.1) is 0 Å². The average Bonchev–Trinajstić information content (AvgIpc) is 3.30. The number of hydrogen-bond donors (Lipinski definition) is 2. The lowest BCUT2D eigenvalue weighted by atomic mass is 9.91. The Morgan fingerprint density at radius 1 is 1.38 bits per heavy atom. The second kappa shape index (κ2) is 8.63. The van der Waals surface area contributed by atoms with Gasteiger partial charge >= 0.3 is 0 Å². The first-order valence-electron chi connectivity index (χ1n) is 9.76. The van der Waals surface area contributed by atoms with Crippen LogP contribution in [0.15, 0.2) is 28.8 Å². The molecule has 2 amide bonds. The van der Waals surface area contributed by atoms with Gasteiger partial charge in [0.15, 0.2) is 0 Å². The highest BCUT2D eigenvalue weighted by molar-refractivity contribution is 5.91. The quantitative estimate of drug-likeness (QED) is 0.773. The molecule has 156 valence electrons. The van der Waals surface area contributed by atoms with E-state index < -0.39 is 17.8 Å². The van der Waals surface area contributed by atoms with E-state index in [1.54, 1.807) is 17.9 Å². The van der Waals surface area contributed by atoms with Crippen molar-refractivity contribution in [2.45, 2.75) is 52.1 Å². The van der Waals surface area contributed by atoms with E-state index >= 15 is 0 Å². The molecule has 1 aromatic carbocycles. The number of nitrogens with one attached hydrogen (secondary N) is 1. The molecule has 1 aromatic heterocycles. The number of aromatic hydroxyl groups is 1. The smallest absolute Gasteiger partial charge is 0.243 e. The van der Waals surface area contributed by atoms with Crippen LogP contribution in [0.25, 0.3) is 0 Å². The Balaban J connectivity index is 1.70. The van der Waals surface area contributed by atoms with Crippen LogP contribution in [0.2, 0.25) is 0 Å². The summed E-state index contributed by atoms with van der Waals surface area (Å²) < 4.78 is 18.4. The Labute approximate surface area is 168 Å². The lowest BCUT2D eigenvalue weighted by Crippen LogP contribution is -2.47. The number of phenols is 1. The summed E-state index contributed by atoms with van der Waals surface area (Å²) in [5, 5.41) is 16.4. The van der Waals surface area contributed by atoms with E-state index in [0.29, 0.717) is 30.0 Å². The van der Waals surface area contributed by atoms with E-state index in [9.17, 15) is 19.1 Å². The van der Waals surface area contributed by atoms with Gasteiger partial charge in [-0.05, 0) is 31.7 Å². The third-order valence-electron chi connectivity index (χ3n) is 5.22. The molecule has 7 nitrogen and oxygen atoms in total. The fourth-order valence-electron chi connectivity index (χ4n) is 3.73. The summed E-state index contributed by atoms with van der Waals surface area (Å²) in [6, 6.07) is 4.81. The number of carbonyl (C=O) groups is 2. The zero-order valence-corrected chi connectivity index (χ0v) is 16.8. The summed E-state index contributed by atoms with van der Waals surface area (Å²) in [6.45, 7) is 6.21. The summed E-state index contributed by atoms with van der Waals surface area (Å²) in [6.07, 6.45) is 1.29. The number of amides is 2. The number of aryl methyl sites for hydroxylation is 1. The molecular weight excluding hydrogens is 377 g/mol. The van der Waals surface area contributed by atoms with E-state index in [2.05, 4.69) is 10.5 Å². The topological polar surface area (TPSA) is 95.7 Å². The molecule has 0 saturated carbocycles. The average molecular weight is 403 g/mol. The highest BCUT2D eigenvalue weighted by Gasteiger charge is 2.39. The first kappa shape index (κ1) is 20.8. The van der Waals surface area contributed by atoms with Crippen molar-refractivity contribution in [3.8, 4) is 5.75 Å². The van der Waals surface area contributed by atoms with Crippen molar-refractivity contribution in [3.63, 3.8) is 0 Å². The SMILES string of the molecule is Cc1cc([C@H](C(=O)N2CCC[C@H]2C(=O)NCc2ccc(F)cc2O)C(C)C)on1. The van der Waals surface area contributed by atoms with Gasteiger partial charge in [0.1, 0.15) is 29.3 Å². The number of carbonyl (C=O) groups excluding carboxylic acids is 2. The number of rotatable bonds is 6. The zero-order valence-electron chi connectivity index (χ0n) is 16.8.